The summed E-state index contributed by atoms with van der Waals surface area (Å²) in [5, 5.41) is 3.50. The average molecular weight is 599 g/mol. The second-order valence-electron chi connectivity index (χ2n) is 10.5. The average Bonchev–Trinajstić information content (AvgIpc) is 3.37. The molecular weight excluding hydrogens is 560 g/mol. The molecule has 0 saturated carbocycles. The Hall–Kier alpha value is -3.28. The number of rotatable bonds is 10. The van der Waals surface area contributed by atoms with Gasteiger partial charge in [0.1, 0.15) is 10.9 Å². The largest absolute Gasteiger partial charge is 0.465 e. The van der Waals surface area contributed by atoms with E-state index < -0.39 is 27.9 Å². The fourth-order valence-corrected chi connectivity index (χ4v) is 7.41. The molecule has 220 valence electrons. The smallest absolute Gasteiger partial charge is 0.350 e. The molecule has 1 atom stereocenters. The molecule has 1 N–H and O–H groups in total. The minimum atomic E-state index is -3.96. The third-order valence-corrected chi connectivity index (χ3v) is 10.4. The highest BCUT2D eigenvalue weighted by atomic mass is 32.2. The minimum Gasteiger partial charge on any atom is -0.465 e. The zero-order valence-electron chi connectivity index (χ0n) is 24.2. The van der Waals surface area contributed by atoms with Gasteiger partial charge in [0.2, 0.25) is 15.9 Å². The van der Waals surface area contributed by atoms with Crippen molar-refractivity contribution in [2.75, 3.05) is 31.6 Å². The SMILES string of the molecule is CCCc1ccc(S(=O)(=O)N2CCN(c3nc(C)c(C(=O)OC)s3)C[C@@H]2C(=O)NCc2ccc(C(C)C)cc2)cc1. The van der Waals surface area contributed by atoms with E-state index in [1.807, 2.05) is 41.3 Å². The van der Waals surface area contributed by atoms with Crippen molar-refractivity contribution in [3.8, 4) is 0 Å². The van der Waals surface area contributed by atoms with Gasteiger partial charge in [-0.25, -0.2) is 18.2 Å². The lowest BCUT2D eigenvalue weighted by atomic mass is 10.0. The normalized spacial score (nSPS) is 16.1. The zero-order valence-corrected chi connectivity index (χ0v) is 25.8. The topological polar surface area (TPSA) is 109 Å². The summed E-state index contributed by atoms with van der Waals surface area (Å²) >= 11 is 1.18. The number of amides is 1. The third kappa shape index (κ3) is 6.97. The second kappa shape index (κ2) is 13.1. The summed E-state index contributed by atoms with van der Waals surface area (Å²) in [4.78, 5) is 32.7. The van der Waals surface area contributed by atoms with E-state index in [1.165, 1.54) is 28.3 Å². The van der Waals surface area contributed by atoms with Crippen LogP contribution in [0.25, 0.3) is 0 Å². The number of thiazole rings is 1. The number of piperazine rings is 1. The van der Waals surface area contributed by atoms with Gasteiger partial charge in [-0.3, -0.25) is 4.79 Å². The van der Waals surface area contributed by atoms with Crippen LogP contribution < -0.4 is 10.2 Å². The summed E-state index contributed by atoms with van der Waals surface area (Å²) in [6.07, 6.45) is 1.83. The van der Waals surface area contributed by atoms with Crippen molar-refractivity contribution in [1.29, 1.82) is 0 Å². The van der Waals surface area contributed by atoms with Crippen molar-refractivity contribution in [3.05, 3.63) is 75.8 Å². The quantitative estimate of drug-likeness (QED) is 0.342. The predicted octanol–water partition coefficient (Wildman–Crippen LogP) is 4.51. The Morgan fingerprint density at radius 3 is 2.34 bits per heavy atom. The number of anilines is 1. The molecule has 2 heterocycles. The van der Waals surface area contributed by atoms with Crippen LogP contribution in [-0.4, -0.2) is 62.4 Å². The molecule has 1 amide bonds. The van der Waals surface area contributed by atoms with E-state index in [-0.39, 0.29) is 24.5 Å². The maximum Gasteiger partial charge on any atom is 0.350 e. The monoisotopic (exact) mass is 598 g/mol. The second-order valence-corrected chi connectivity index (χ2v) is 13.4. The number of benzene rings is 2. The Labute approximate surface area is 246 Å². The molecule has 2 aromatic carbocycles. The van der Waals surface area contributed by atoms with E-state index in [9.17, 15) is 18.0 Å². The summed E-state index contributed by atoms with van der Waals surface area (Å²) in [5.41, 5.74) is 3.73. The number of sulfonamides is 1. The number of aryl methyl sites for hydroxylation is 2. The Bertz CT molecular complexity index is 1470. The maximum atomic E-state index is 13.8. The van der Waals surface area contributed by atoms with Gasteiger partial charge in [0.05, 0.1) is 17.7 Å². The number of carbonyl (C=O) groups excluding carboxylic acids is 2. The number of carbonyl (C=O) groups is 2. The van der Waals surface area contributed by atoms with E-state index in [4.69, 9.17) is 4.74 Å². The van der Waals surface area contributed by atoms with Gasteiger partial charge in [0, 0.05) is 26.2 Å². The number of aromatic nitrogens is 1. The fourth-order valence-electron chi connectivity index (χ4n) is 4.82. The molecule has 41 heavy (non-hydrogen) atoms. The van der Waals surface area contributed by atoms with Gasteiger partial charge in [-0.1, -0.05) is 74.9 Å². The van der Waals surface area contributed by atoms with Crippen molar-refractivity contribution in [1.82, 2.24) is 14.6 Å². The number of nitrogens with one attached hydrogen (secondary N) is 1. The van der Waals surface area contributed by atoms with Crippen LogP contribution in [0.2, 0.25) is 0 Å². The molecule has 0 bridgehead atoms. The molecule has 0 radical (unpaired) electrons. The predicted molar refractivity (Wildman–Crippen MR) is 161 cm³/mol. The molecule has 3 aromatic rings. The summed E-state index contributed by atoms with van der Waals surface area (Å²) in [6, 6.07) is 13.9. The van der Waals surface area contributed by atoms with Gasteiger partial charge in [-0.2, -0.15) is 4.31 Å². The number of hydrogen-bond donors (Lipinski definition) is 1. The van der Waals surface area contributed by atoms with E-state index in [0.717, 1.165) is 24.0 Å². The van der Waals surface area contributed by atoms with Crippen LogP contribution >= 0.6 is 11.3 Å². The maximum absolute atomic E-state index is 13.8. The molecule has 11 heteroatoms. The van der Waals surface area contributed by atoms with Gasteiger partial charge >= 0.3 is 5.97 Å². The molecule has 1 saturated heterocycles. The van der Waals surface area contributed by atoms with Crippen LogP contribution in [0.5, 0.6) is 0 Å². The Morgan fingerprint density at radius 2 is 1.73 bits per heavy atom. The summed E-state index contributed by atoms with van der Waals surface area (Å²) < 4.78 is 33.8. The van der Waals surface area contributed by atoms with Crippen LogP contribution in [-0.2, 0) is 32.5 Å². The van der Waals surface area contributed by atoms with Gasteiger partial charge < -0.3 is 15.0 Å². The highest BCUT2D eigenvalue weighted by molar-refractivity contribution is 7.89. The summed E-state index contributed by atoms with van der Waals surface area (Å²) in [6.45, 7) is 8.82. The zero-order chi connectivity index (χ0) is 29.7. The lowest BCUT2D eigenvalue weighted by molar-refractivity contribution is -0.125. The molecule has 4 rings (SSSR count). The highest BCUT2D eigenvalue weighted by Crippen LogP contribution is 2.30. The van der Waals surface area contributed by atoms with E-state index in [2.05, 4.69) is 31.1 Å². The van der Waals surface area contributed by atoms with Crippen molar-refractivity contribution < 1.29 is 22.7 Å². The minimum absolute atomic E-state index is 0.0897. The van der Waals surface area contributed by atoms with Crippen LogP contribution in [0.15, 0.2) is 53.4 Å². The molecular formula is C30H38N4O5S2. The van der Waals surface area contributed by atoms with Gasteiger partial charge in [-0.05, 0) is 48.1 Å². The lowest BCUT2D eigenvalue weighted by Crippen LogP contribution is -2.60. The Balaban J connectivity index is 1.60. The number of ether oxygens (including phenoxy) is 1. The first kappa shape index (κ1) is 30.7. The first-order chi connectivity index (χ1) is 19.5. The molecule has 0 spiro atoms. The number of methoxy groups -OCH3 is 1. The molecule has 1 fully saturated rings. The molecule has 0 aliphatic carbocycles. The number of esters is 1. The third-order valence-electron chi connectivity index (χ3n) is 7.24. The molecule has 1 aliphatic heterocycles. The highest BCUT2D eigenvalue weighted by Gasteiger charge is 2.41. The van der Waals surface area contributed by atoms with Crippen molar-refractivity contribution in [2.45, 2.75) is 63.9 Å². The first-order valence-corrected chi connectivity index (χ1v) is 16.1. The van der Waals surface area contributed by atoms with E-state index >= 15 is 0 Å². The van der Waals surface area contributed by atoms with Gasteiger partial charge in [0.15, 0.2) is 5.13 Å². The van der Waals surface area contributed by atoms with Crippen LogP contribution in [0, 0.1) is 6.92 Å². The van der Waals surface area contributed by atoms with Crippen molar-refractivity contribution in [3.63, 3.8) is 0 Å². The molecule has 1 aliphatic rings. The Kier molecular flexibility index (Phi) is 9.83. The Morgan fingerprint density at radius 1 is 1.07 bits per heavy atom. The number of hydrogen-bond acceptors (Lipinski definition) is 8. The molecule has 0 unspecified atom stereocenters. The summed E-state index contributed by atoms with van der Waals surface area (Å²) in [7, 11) is -2.64. The van der Waals surface area contributed by atoms with Gasteiger partial charge in [-0.15, -0.1) is 0 Å². The first-order valence-electron chi connectivity index (χ1n) is 13.8. The van der Waals surface area contributed by atoms with Crippen LogP contribution in [0.1, 0.15) is 65.2 Å². The lowest BCUT2D eigenvalue weighted by Gasteiger charge is -2.39. The van der Waals surface area contributed by atoms with E-state index in [0.29, 0.717) is 28.2 Å². The van der Waals surface area contributed by atoms with E-state index in [1.54, 1.807) is 19.1 Å². The fraction of sp³-hybridized carbons (Fsp3) is 0.433. The van der Waals surface area contributed by atoms with Crippen LogP contribution in [0.3, 0.4) is 0 Å². The molecule has 1 aromatic heterocycles. The van der Waals surface area contributed by atoms with Crippen molar-refractivity contribution in [2.24, 2.45) is 0 Å². The number of nitrogens with zero attached hydrogens (tertiary/aromatic N) is 3. The van der Waals surface area contributed by atoms with Crippen molar-refractivity contribution >= 4 is 38.4 Å². The molecule has 9 nitrogen and oxygen atoms in total. The van der Waals surface area contributed by atoms with Crippen LogP contribution in [0.4, 0.5) is 5.13 Å². The standard InChI is InChI=1S/C30H38N4O5S2/c1-6-7-22-10-14-25(15-11-22)41(37,38)34-17-16-33(30-32-21(4)27(40-30)29(36)39-5)19-26(34)28(35)31-18-23-8-12-24(13-9-23)20(2)3/h8-15,20,26H,6-7,16-19H2,1-5H3,(H,31,35)/t26-/m1/s1. The summed E-state index contributed by atoms with van der Waals surface area (Å²) in [5.74, 6) is -0.470. The van der Waals surface area contributed by atoms with Gasteiger partial charge in [0.25, 0.3) is 0 Å².